The first-order chi connectivity index (χ1) is 12.3. The van der Waals surface area contributed by atoms with Crippen LogP contribution in [0.3, 0.4) is 0 Å². The highest BCUT2D eigenvalue weighted by Gasteiger charge is 2.27. The molecule has 0 amide bonds. The van der Waals surface area contributed by atoms with Crippen LogP contribution in [0.4, 0.5) is 17.1 Å². The maximum Gasteiger partial charge on any atom is 0.292 e. The molecule has 2 heterocycles. The minimum Gasteiger partial charge on any atom is -0.369 e. The molecule has 0 saturated carbocycles. The fourth-order valence-corrected chi connectivity index (χ4v) is 4.35. The summed E-state index contributed by atoms with van der Waals surface area (Å²) in [7, 11) is -1.04. The highest BCUT2D eigenvalue weighted by atomic mass is 32.2. The summed E-state index contributed by atoms with van der Waals surface area (Å²) >= 11 is 0. The number of sulfonamides is 1. The predicted molar refractivity (Wildman–Crippen MR) is 101 cm³/mol. The molecule has 1 aromatic carbocycles. The zero-order valence-electron chi connectivity index (χ0n) is 15.2. The van der Waals surface area contributed by atoms with Crippen LogP contribution in [0.25, 0.3) is 0 Å². The Morgan fingerprint density at radius 2 is 1.65 bits per heavy atom. The summed E-state index contributed by atoms with van der Waals surface area (Å²) < 4.78 is 24.8. The summed E-state index contributed by atoms with van der Waals surface area (Å²) in [6, 6.07) is 5.22. The molecular weight excluding hydrogens is 358 g/mol. The molecule has 0 bridgehead atoms. The number of hydrogen-bond acceptors (Lipinski definition) is 6. The average molecular weight is 384 g/mol. The van der Waals surface area contributed by atoms with Gasteiger partial charge in [-0.3, -0.25) is 10.1 Å². The topological polar surface area (TPSA) is 91.4 Å². The lowest BCUT2D eigenvalue weighted by atomic mass is 10.1. The molecule has 26 heavy (non-hydrogen) atoms. The van der Waals surface area contributed by atoms with Gasteiger partial charge in [0.2, 0.25) is 10.0 Å². The molecule has 144 valence electrons. The number of piperazine rings is 2. The molecule has 0 aliphatic carbocycles. The number of nitro groups is 1. The van der Waals surface area contributed by atoms with Crippen LogP contribution in [0.1, 0.15) is 0 Å². The van der Waals surface area contributed by atoms with E-state index < -0.39 is 10.0 Å². The Hall–Kier alpha value is -1.91. The smallest absolute Gasteiger partial charge is 0.292 e. The highest BCUT2D eigenvalue weighted by molar-refractivity contribution is 7.88. The van der Waals surface area contributed by atoms with E-state index in [2.05, 4.69) is 16.8 Å². The average Bonchev–Trinajstić information content (AvgIpc) is 2.61. The molecule has 10 heteroatoms. The number of hydrogen-bond donors (Lipinski definition) is 1. The van der Waals surface area contributed by atoms with Crippen molar-refractivity contribution in [1.29, 1.82) is 0 Å². The highest BCUT2D eigenvalue weighted by Crippen LogP contribution is 2.33. The third kappa shape index (κ3) is 4.08. The quantitative estimate of drug-likeness (QED) is 0.530. The van der Waals surface area contributed by atoms with Gasteiger partial charge < -0.3 is 14.7 Å². The summed E-state index contributed by atoms with van der Waals surface area (Å²) in [6.45, 7) is 5.51. The van der Waals surface area contributed by atoms with Crippen LogP contribution < -0.4 is 14.7 Å². The lowest BCUT2D eigenvalue weighted by molar-refractivity contribution is -0.880. The first-order valence-electron chi connectivity index (χ1n) is 8.80. The largest absolute Gasteiger partial charge is 0.369 e. The van der Waals surface area contributed by atoms with Crippen molar-refractivity contribution in [2.75, 3.05) is 75.5 Å². The molecule has 0 spiro atoms. The van der Waals surface area contributed by atoms with Crippen LogP contribution in [0.5, 0.6) is 0 Å². The van der Waals surface area contributed by atoms with Crippen molar-refractivity contribution in [3.63, 3.8) is 0 Å². The molecule has 2 saturated heterocycles. The number of nitrogens with one attached hydrogen (secondary N) is 1. The zero-order valence-corrected chi connectivity index (χ0v) is 16.0. The van der Waals surface area contributed by atoms with Gasteiger partial charge >= 0.3 is 0 Å². The minimum absolute atomic E-state index is 0.128. The van der Waals surface area contributed by atoms with Crippen molar-refractivity contribution in [1.82, 2.24) is 4.31 Å². The summed E-state index contributed by atoms with van der Waals surface area (Å²) in [4.78, 5) is 16.7. The number of quaternary nitrogens is 1. The van der Waals surface area contributed by atoms with Gasteiger partial charge in [-0.2, -0.15) is 4.31 Å². The van der Waals surface area contributed by atoms with Gasteiger partial charge in [-0.1, -0.05) is 0 Å². The van der Waals surface area contributed by atoms with Crippen molar-refractivity contribution in [2.45, 2.75) is 0 Å². The van der Waals surface area contributed by atoms with Crippen LogP contribution in [-0.2, 0) is 10.0 Å². The summed E-state index contributed by atoms with van der Waals surface area (Å²) in [6.07, 6.45) is 1.22. The van der Waals surface area contributed by atoms with E-state index in [1.54, 1.807) is 12.1 Å². The van der Waals surface area contributed by atoms with Crippen molar-refractivity contribution < 1.29 is 18.2 Å². The lowest BCUT2D eigenvalue weighted by Gasteiger charge is -2.36. The van der Waals surface area contributed by atoms with Crippen LogP contribution in [-0.4, -0.2) is 83.3 Å². The summed E-state index contributed by atoms with van der Waals surface area (Å²) in [5.74, 6) is 0. The Balaban J connectivity index is 1.81. The second-order valence-corrected chi connectivity index (χ2v) is 9.01. The van der Waals surface area contributed by atoms with E-state index in [0.717, 1.165) is 31.9 Å². The first kappa shape index (κ1) is 18.9. The van der Waals surface area contributed by atoms with Crippen molar-refractivity contribution >= 4 is 27.1 Å². The van der Waals surface area contributed by atoms with Gasteiger partial charge in [0.15, 0.2) is 0 Å². The summed E-state index contributed by atoms with van der Waals surface area (Å²) in [5, 5.41) is 11.5. The second-order valence-electron chi connectivity index (χ2n) is 7.02. The van der Waals surface area contributed by atoms with E-state index in [1.165, 1.54) is 15.5 Å². The fraction of sp³-hybridized carbons (Fsp3) is 0.625. The van der Waals surface area contributed by atoms with Gasteiger partial charge in [-0.05, 0) is 12.1 Å². The Morgan fingerprint density at radius 3 is 2.19 bits per heavy atom. The molecule has 0 atom stereocenters. The first-order valence-corrected chi connectivity index (χ1v) is 10.7. The van der Waals surface area contributed by atoms with Gasteiger partial charge in [-0.15, -0.1) is 0 Å². The van der Waals surface area contributed by atoms with E-state index >= 15 is 0 Å². The van der Waals surface area contributed by atoms with Crippen molar-refractivity contribution in [3.8, 4) is 0 Å². The van der Waals surface area contributed by atoms with Gasteiger partial charge in [-0.25, -0.2) is 8.42 Å². The molecule has 3 rings (SSSR count). The summed E-state index contributed by atoms with van der Waals surface area (Å²) in [5.41, 5.74) is 1.69. The minimum atomic E-state index is -3.17. The van der Waals surface area contributed by atoms with Crippen LogP contribution >= 0.6 is 0 Å². The Morgan fingerprint density at radius 1 is 1.04 bits per heavy atom. The zero-order chi connectivity index (χ0) is 18.9. The molecule has 0 aromatic heterocycles. The number of nitro benzene ring substituents is 1. The molecule has 1 N–H and O–H groups in total. The molecular formula is C16H26N5O4S+. The number of anilines is 2. The van der Waals surface area contributed by atoms with Gasteiger partial charge in [0.05, 0.1) is 44.4 Å². The number of likely N-dealkylation sites (N-methyl/N-ethyl adjacent to an activating group) is 1. The molecule has 2 aliphatic rings. The van der Waals surface area contributed by atoms with E-state index in [-0.39, 0.29) is 10.6 Å². The SMILES string of the molecule is C[NH+]1CCN(c2cc(N3CCN(S(C)(=O)=O)CC3)ccc2[N+](=O)[O-])CC1. The van der Waals surface area contributed by atoms with E-state index in [4.69, 9.17) is 0 Å². The molecule has 0 radical (unpaired) electrons. The number of nitrogens with zero attached hydrogens (tertiary/aromatic N) is 4. The number of rotatable bonds is 4. The van der Waals surface area contributed by atoms with Crippen LogP contribution in [0, 0.1) is 10.1 Å². The van der Waals surface area contributed by atoms with Crippen molar-refractivity contribution in [3.05, 3.63) is 28.3 Å². The molecule has 2 aliphatic heterocycles. The molecule has 1 aromatic rings. The predicted octanol–water partition coefficient (Wildman–Crippen LogP) is -0.989. The standard InChI is InChI=1S/C16H25N5O4S/c1-17-5-7-19(8-6-17)16-13-14(3-4-15(16)21(22)23)18-9-11-20(12-10-18)26(2,24)25/h3-4,13H,5-12H2,1-2H3/p+1. The van der Waals surface area contributed by atoms with Gasteiger partial charge in [0.25, 0.3) is 5.69 Å². The Bertz CT molecular complexity index is 769. The van der Waals surface area contributed by atoms with Gasteiger partial charge in [0, 0.05) is 37.9 Å². The van der Waals surface area contributed by atoms with E-state index in [1.807, 2.05) is 6.07 Å². The molecule has 9 nitrogen and oxygen atoms in total. The third-order valence-electron chi connectivity index (χ3n) is 5.19. The Kier molecular flexibility index (Phi) is 5.35. The van der Waals surface area contributed by atoms with E-state index in [0.29, 0.717) is 31.9 Å². The lowest BCUT2D eigenvalue weighted by Crippen LogP contribution is -3.12. The second kappa shape index (κ2) is 7.37. The maximum atomic E-state index is 11.7. The van der Waals surface area contributed by atoms with Crippen LogP contribution in [0.15, 0.2) is 18.2 Å². The molecule has 0 unspecified atom stereocenters. The monoisotopic (exact) mass is 384 g/mol. The Labute approximate surface area is 154 Å². The van der Waals surface area contributed by atoms with E-state index in [9.17, 15) is 18.5 Å². The fourth-order valence-electron chi connectivity index (χ4n) is 3.52. The van der Waals surface area contributed by atoms with Crippen LogP contribution in [0.2, 0.25) is 0 Å². The third-order valence-corrected chi connectivity index (χ3v) is 6.49. The molecule has 2 fully saturated rings. The van der Waals surface area contributed by atoms with Gasteiger partial charge in [0.1, 0.15) is 5.69 Å². The number of benzene rings is 1. The normalized spacial score (nSPS) is 20.4. The van der Waals surface area contributed by atoms with Crippen molar-refractivity contribution in [2.24, 2.45) is 0 Å². The maximum absolute atomic E-state index is 11.7.